The second-order valence-electron chi connectivity index (χ2n) is 6.63. The standard InChI is InChI=1S/C21H23F3N2O6/c1-14(20(28)30-13-19(27)26(2)10-11-29-3)31-16-4-6-17(7-5-16)32-18-12-15(8-9-25-18)21(22,23)24/h4-9,12,14H,10-11,13H2,1-3H3. The van der Waals surface area contributed by atoms with E-state index in [0.717, 1.165) is 18.3 Å². The molecule has 1 unspecified atom stereocenters. The highest BCUT2D eigenvalue weighted by Crippen LogP contribution is 2.31. The Labute approximate surface area is 182 Å². The summed E-state index contributed by atoms with van der Waals surface area (Å²) in [6.45, 7) is 1.75. The minimum Gasteiger partial charge on any atom is -0.479 e. The molecule has 1 amide bonds. The van der Waals surface area contributed by atoms with Crippen LogP contribution >= 0.6 is 0 Å². The predicted molar refractivity (Wildman–Crippen MR) is 106 cm³/mol. The van der Waals surface area contributed by atoms with Crippen molar-refractivity contribution >= 4 is 11.9 Å². The van der Waals surface area contributed by atoms with Crippen LogP contribution < -0.4 is 9.47 Å². The highest BCUT2D eigenvalue weighted by Gasteiger charge is 2.31. The van der Waals surface area contributed by atoms with Gasteiger partial charge in [-0.3, -0.25) is 4.79 Å². The molecular weight excluding hydrogens is 433 g/mol. The second-order valence-corrected chi connectivity index (χ2v) is 6.63. The van der Waals surface area contributed by atoms with E-state index >= 15 is 0 Å². The van der Waals surface area contributed by atoms with E-state index in [9.17, 15) is 22.8 Å². The van der Waals surface area contributed by atoms with E-state index in [1.54, 1.807) is 7.05 Å². The number of esters is 1. The van der Waals surface area contributed by atoms with Crippen LogP contribution in [-0.2, 0) is 25.2 Å². The molecule has 0 saturated heterocycles. The molecule has 0 aliphatic heterocycles. The molecule has 0 radical (unpaired) electrons. The molecule has 0 fully saturated rings. The maximum Gasteiger partial charge on any atom is 0.416 e. The van der Waals surface area contributed by atoms with Crippen LogP contribution in [0.25, 0.3) is 0 Å². The van der Waals surface area contributed by atoms with Gasteiger partial charge >= 0.3 is 12.1 Å². The van der Waals surface area contributed by atoms with Crippen molar-refractivity contribution in [3.05, 3.63) is 48.2 Å². The Hall–Kier alpha value is -3.34. The Bertz CT molecular complexity index is 905. The molecule has 0 N–H and O–H groups in total. The monoisotopic (exact) mass is 456 g/mol. The van der Waals surface area contributed by atoms with E-state index in [-0.39, 0.29) is 17.5 Å². The van der Waals surface area contributed by atoms with Crippen LogP contribution in [0.1, 0.15) is 12.5 Å². The Balaban J connectivity index is 1.86. The van der Waals surface area contributed by atoms with Gasteiger partial charge in [-0.15, -0.1) is 0 Å². The topological polar surface area (TPSA) is 87.2 Å². The SMILES string of the molecule is COCCN(C)C(=O)COC(=O)C(C)Oc1ccc(Oc2cc(C(F)(F)F)ccn2)cc1. The van der Waals surface area contributed by atoms with Gasteiger partial charge in [-0.25, -0.2) is 9.78 Å². The molecule has 2 aromatic rings. The van der Waals surface area contributed by atoms with E-state index in [4.69, 9.17) is 18.9 Å². The summed E-state index contributed by atoms with van der Waals surface area (Å²) in [5.41, 5.74) is -0.877. The van der Waals surface area contributed by atoms with Crippen LogP contribution in [0, 0.1) is 0 Å². The summed E-state index contributed by atoms with van der Waals surface area (Å²) >= 11 is 0. The number of alkyl halides is 3. The van der Waals surface area contributed by atoms with Gasteiger partial charge in [-0.2, -0.15) is 13.2 Å². The molecule has 0 aliphatic rings. The van der Waals surface area contributed by atoms with Gasteiger partial charge in [0.05, 0.1) is 12.2 Å². The second kappa shape index (κ2) is 11.3. The number of carbonyl (C=O) groups is 2. The molecule has 11 heteroatoms. The fraction of sp³-hybridized carbons (Fsp3) is 0.381. The first-order chi connectivity index (χ1) is 15.1. The zero-order valence-corrected chi connectivity index (χ0v) is 17.7. The molecule has 2 rings (SSSR count). The maximum absolute atomic E-state index is 12.8. The average molecular weight is 456 g/mol. The number of likely N-dealkylation sites (N-methyl/N-ethyl adjacent to an activating group) is 1. The number of carbonyl (C=O) groups excluding carboxylic acids is 2. The molecule has 0 spiro atoms. The smallest absolute Gasteiger partial charge is 0.416 e. The third-order valence-corrected chi connectivity index (χ3v) is 4.15. The number of nitrogens with zero attached hydrogens (tertiary/aromatic N) is 2. The van der Waals surface area contributed by atoms with Gasteiger partial charge in [-0.05, 0) is 37.3 Å². The lowest BCUT2D eigenvalue weighted by Crippen LogP contribution is -2.35. The van der Waals surface area contributed by atoms with Crippen molar-refractivity contribution in [2.45, 2.75) is 19.2 Å². The number of amides is 1. The van der Waals surface area contributed by atoms with Gasteiger partial charge in [0, 0.05) is 33.0 Å². The Morgan fingerprint density at radius 3 is 2.41 bits per heavy atom. The van der Waals surface area contributed by atoms with E-state index in [0.29, 0.717) is 18.9 Å². The third kappa shape index (κ3) is 7.73. The van der Waals surface area contributed by atoms with E-state index < -0.39 is 30.4 Å². The maximum atomic E-state index is 12.8. The number of hydrogen-bond donors (Lipinski definition) is 0. The Kier molecular flexibility index (Phi) is 8.82. The van der Waals surface area contributed by atoms with Crippen LogP contribution in [-0.4, -0.2) is 61.8 Å². The van der Waals surface area contributed by atoms with Crippen molar-refractivity contribution in [2.24, 2.45) is 0 Å². The number of hydrogen-bond acceptors (Lipinski definition) is 7. The van der Waals surface area contributed by atoms with E-state index in [1.807, 2.05) is 0 Å². The average Bonchev–Trinajstić information content (AvgIpc) is 2.76. The van der Waals surface area contributed by atoms with Crippen molar-refractivity contribution < 1.29 is 41.7 Å². The first kappa shape index (κ1) is 24.9. The van der Waals surface area contributed by atoms with Crippen LogP contribution in [0.3, 0.4) is 0 Å². The van der Waals surface area contributed by atoms with Crippen LogP contribution in [0.2, 0.25) is 0 Å². The number of halogens is 3. The summed E-state index contributed by atoms with van der Waals surface area (Å²) < 4.78 is 58.9. The lowest BCUT2D eigenvalue weighted by Gasteiger charge is -2.18. The minimum atomic E-state index is -4.51. The molecule has 8 nitrogen and oxygen atoms in total. The first-order valence-electron chi connectivity index (χ1n) is 9.47. The summed E-state index contributed by atoms with van der Waals surface area (Å²) in [4.78, 5) is 29.0. The van der Waals surface area contributed by atoms with Gasteiger partial charge < -0.3 is 23.8 Å². The zero-order valence-electron chi connectivity index (χ0n) is 17.7. The molecule has 0 bridgehead atoms. The minimum absolute atomic E-state index is 0.217. The number of ether oxygens (including phenoxy) is 4. The molecule has 1 aromatic carbocycles. The van der Waals surface area contributed by atoms with Gasteiger partial charge in [0.25, 0.3) is 5.91 Å². The van der Waals surface area contributed by atoms with Crippen molar-refractivity contribution in [3.8, 4) is 17.4 Å². The largest absolute Gasteiger partial charge is 0.479 e. The van der Waals surface area contributed by atoms with Crippen molar-refractivity contribution in [1.29, 1.82) is 0 Å². The molecule has 0 saturated carbocycles. The van der Waals surface area contributed by atoms with Crippen LogP contribution in [0.5, 0.6) is 17.4 Å². The summed E-state index contributed by atoms with van der Waals surface area (Å²) in [6.07, 6.45) is -4.50. The number of methoxy groups -OCH3 is 1. The summed E-state index contributed by atoms with van der Waals surface area (Å²) in [5.74, 6) is -0.809. The lowest BCUT2D eigenvalue weighted by atomic mass is 10.2. The molecule has 1 atom stereocenters. The fourth-order valence-corrected chi connectivity index (χ4v) is 2.31. The number of pyridine rings is 1. The molecule has 0 aliphatic carbocycles. The normalized spacial score (nSPS) is 12.1. The fourth-order valence-electron chi connectivity index (χ4n) is 2.31. The summed E-state index contributed by atoms with van der Waals surface area (Å²) in [5, 5.41) is 0. The number of benzene rings is 1. The zero-order chi connectivity index (χ0) is 23.7. The highest BCUT2D eigenvalue weighted by atomic mass is 19.4. The first-order valence-corrected chi connectivity index (χ1v) is 9.47. The number of aromatic nitrogens is 1. The van der Waals surface area contributed by atoms with Crippen LogP contribution in [0.15, 0.2) is 42.6 Å². The summed E-state index contributed by atoms with van der Waals surface area (Å²) in [7, 11) is 3.08. The molecule has 32 heavy (non-hydrogen) atoms. The van der Waals surface area contributed by atoms with Gasteiger partial charge in [0.2, 0.25) is 5.88 Å². The van der Waals surface area contributed by atoms with E-state index in [1.165, 1.54) is 43.2 Å². The predicted octanol–water partition coefficient (Wildman–Crippen LogP) is 3.31. The molecule has 1 aromatic heterocycles. The van der Waals surface area contributed by atoms with Gasteiger partial charge in [-0.1, -0.05) is 0 Å². The van der Waals surface area contributed by atoms with Gasteiger partial charge in [0.1, 0.15) is 11.5 Å². The lowest BCUT2D eigenvalue weighted by molar-refractivity contribution is -0.157. The quantitative estimate of drug-likeness (QED) is 0.507. The Morgan fingerprint density at radius 1 is 1.12 bits per heavy atom. The third-order valence-electron chi connectivity index (χ3n) is 4.15. The van der Waals surface area contributed by atoms with Gasteiger partial charge in [0.15, 0.2) is 12.7 Å². The molecular formula is C21H23F3N2O6. The molecule has 174 valence electrons. The van der Waals surface area contributed by atoms with Crippen LogP contribution in [0.4, 0.5) is 13.2 Å². The van der Waals surface area contributed by atoms with Crippen molar-refractivity contribution in [2.75, 3.05) is 33.9 Å². The van der Waals surface area contributed by atoms with Crippen molar-refractivity contribution in [1.82, 2.24) is 9.88 Å². The van der Waals surface area contributed by atoms with Crippen molar-refractivity contribution in [3.63, 3.8) is 0 Å². The Morgan fingerprint density at radius 2 is 1.78 bits per heavy atom. The number of rotatable bonds is 10. The molecule has 1 heterocycles. The van der Waals surface area contributed by atoms with E-state index in [2.05, 4.69) is 4.98 Å². The summed E-state index contributed by atoms with van der Waals surface area (Å²) in [6, 6.07) is 7.46. The highest BCUT2D eigenvalue weighted by molar-refractivity contribution is 5.81.